The van der Waals surface area contributed by atoms with E-state index in [1.807, 2.05) is 44.2 Å². The molecule has 2 atom stereocenters. The molecule has 0 bridgehead atoms. The summed E-state index contributed by atoms with van der Waals surface area (Å²) in [6, 6.07) is 9.54. The summed E-state index contributed by atoms with van der Waals surface area (Å²) in [6.07, 6.45) is 3.21. The molecule has 27 heavy (non-hydrogen) atoms. The molecular weight excluding hydrogens is 346 g/mol. The van der Waals surface area contributed by atoms with Crippen LogP contribution in [0.25, 0.3) is 0 Å². The Hall–Kier alpha value is -2.47. The van der Waals surface area contributed by atoms with Crippen molar-refractivity contribution in [1.82, 2.24) is 4.90 Å². The van der Waals surface area contributed by atoms with Gasteiger partial charge in [0.25, 0.3) is 0 Å². The minimum Gasteiger partial charge on any atom is -0.490 e. The van der Waals surface area contributed by atoms with E-state index in [4.69, 9.17) is 13.9 Å². The Morgan fingerprint density at radius 1 is 1.26 bits per heavy atom. The molecule has 146 valence electrons. The van der Waals surface area contributed by atoms with Crippen molar-refractivity contribution >= 4 is 5.97 Å². The van der Waals surface area contributed by atoms with E-state index in [0.717, 1.165) is 24.3 Å². The lowest BCUT2D eigenvalue weighted by Crippen LogP contribution is -2.41. The highest BCUT2D eigenvalue weighted by atomic mass is 16.5. The molecule has 0 saturated carbocycles. The maximum absolute atomic E-state index is 11.5. The maximum atomic E-state index is 11.5. The smallest absolute Gasteiger partial charge is 0.307 e. The second kappa shape index (κ2) is 8.95. The number of piperidine rings is 1. The summed E-state index contributed by atoms with van der Waals surface area (Å²) in [5.74, 6) is 1.11. The lowest BCUT2D eigenvalue weighted by molar-refractivity contribution is -0.143. The lowest BCUT2D eigenvalue weighted by Gasteiger charge is -2.36. The predicted octanol–water partition coefficient (Wildman–Crippen LogP) is 3.96. The molecular formula is C21H27NO5. The number of ether oxygens (including phenoxy) is 2. The van der Waals surface area contributed by atoms with E-state index >= 15 is 0 Å². The van der Waals surface area contributed by atoms with E-state index in [-0.39, 0.29) is 12.0 Å². The zero-order valence-electron chi connectivity index (χ0n) is 15.9. The summed E-state index contributed by atoms with van der Waals surface area (Å²) in [5, 5.41) is 9.46. The van der Waals surface area contributed by atoms with Crippen molar-refractivity contribution < 1.29 is 23.8 Å². The van der Waals surface area contributed by atoms with E-state index in [9.17, 15) is 9.90 Å². The maximum Gasteiger partial charge on any atom is 0.307 e. The summed E-state index contributed by atoms with van der Waals surface area (Å²) in [4.78, 5) is 13.7. The highest BCUT2D eigenvalue weighted by Crippen LogP contribution is 2.37. The van der Waals surface area contributed by atoms with Crippen LogP contribution >= 0.6 is 0 Å². The van der Waals surface area contributed by atoms with Gasteiger partial charge in [-0.2, -0.15) is 0 Å². The topological polar surface area (TPSA) is 72.1 Å². The number of carbonyl (C=O) groups is 1. The van der Waals surface area contributed by atoms with Crippen molar-refractivity contribution in [3.8, 4) is 11.5 Å². The van der Waals surface area contributed by atoms with Gasteiger partial charge in [-0.15, -0.1) is 0 Å². The molecule has 6 nitrogen and oxygen atoms in total. The van der Waals surface area contributed by atoms with Gasteiger partial charge in [0.05, 0.1) is 31.4 Å². The van der Waals surface area contributed by atoms with Crippen LogP contribution in [-0.2, 0) is 4.79 Å². The zero-order chi connectivity index (χ0) is 19.2. The van der Waals surface area contributed by atoms with Gasteiger partial charge in [0.1, 0.15) is 5.76 Å². The van der Waals surface area contributed by atoms with Gasteiger partial charge in [-0.05, 0) is 63.1 Å². The van der Waals surface area contributed by atoms with Gasteiger partial charge in [0, 0.05) is 6.54 Å². The Kier molecular flexibility index (Phi) is 6.40. The van der Waals surface area contributed by atoms with E-state index in [1.165, 1.54) is 0 Å². The monoisotopic (exact) mass is 373 g/mol. The fraction of sp³-hybridized carbons (Fsp3) is 0.476. The molecule has 1 aromatic carbocycles. The first-order valence-electron chi connectivity index (χ1n) is 9.53. The van der Waals surface area contributed by atoms with Crippen LogP contribution in [0.2, 0.25) is 0 Å². The van der Waals surface area contributed by atoms with Crippen molar-refractivity contribution in [3.05, 3.63) is 47.9 Å². The number of carboxylic acid groups (broad SMARTS) is 1. The molecule has 1 aliphatic rings. The molecule has 1 N–H and O–H groups in total. The third-order valence-corrected chi connectivity index (χ3v) is 4.86. The number of benzene rings is 1. The standard InChI is InChI=1S/C21H27NO5/c1-3-25-17-10-9-15(13-19(17)26-4-2)20(18-8-6-12-27-18)22-11-5-7-16(14-22)21(23)24/h6,8-10,12-13,16,20H,3-5,7,11,14H2,1-2H3,(H,23,24). The molecule has 0 spiro atoms. The van der Waals surface area contributed by atoms with Crippen LogP contribution in [-0.4, -0.2) is 42.3 Å². The van der Waals surface area contributed by atoms with Gasteiger partial charge >= 0.3 is 5.97 Å². The van der Waals surface area contributed by atoms with Gasteiger partial charge in [-0.3, -0.25) is 9.69 Å². The second-order valence-electron chi connectivity index (χ2n) is 6.66. The molecule has 2 unspecified atom stereocenters. The summed E-state index contributed by atoms with van der Waals surface area (Å²) in [6.45, 7) is 6.31. The first-order valence-corrected chi connectivity index (χ1v) is 9.53. The molecule has 1 fully saturated rings. The average molecular weight is 373 g/mol. The van der Waals surface area contributed by atoms with Crippen LogP contribution in [0.5, 0.6) is 11.5 Å². The molecule has 0 aliphatic carbocycles. The summed E-state index contributed by atoms with van der Waals surface area (Å²) >= 11 is 0. The van der Waals surface area contributed by atoms with Gasteiger partial charge < -0.3 is 19.0 Å². The Morgan fingerprint density at radius 3 is 2.70 bits per heavy atom. The van der Waals surface area contributed by atoms with Crippen LogP contribution in [0.1, 0.15) is 44.1 Å². The third kappa shape index (κ3) is 4.45. The van der Waals surface area contributed by atoms with E-state index in [1.54, 1.807) is 6.26 Å². The number of aliphatic carboxylic acids is 1. The number of likely N-dealkylation sites (tertiary alicyclic amines) is 1. The average Bonchev–Trinajstić information content (AvgIpc) is 3.19. The number of hydrogen-bond acceptors (Lipinski definition) is 5. The molecule has 6 heteroatoms. The molecule has 2 heterocycles. The first kappa shape index (κ1) is 19.3. The SMILES string of the molecule is CCOc1ccc(C(c2ccco2)N2CCCC(C(=O)O)C2)cc1OCC. The largest absolute Gasteiger partial charge is 0.490 e. The Balaban J connectivity index is 1.96. The lowest BCUT2D eigenvalue weighted by atomic mass is 9.93. The predicted molar refractivity (Wildman–Crippen MR) is 101 cm³/mol. The molecule has 1 aliphatic heterocycles. The summed E-state index contributed by atoms with van der Waals surface area (Å²) in [7, 11) is 0. The normalized spacial score (nSPS) is 18.8. The Morgan fingerprint density at radius 2 is 2.04 bits per heavy atom. The van der Waals surface area contributed by atoms with Gasteiger partial charge in [0.15, 0.2) is 11.5 Å². The van der Waals surface area contributed by atoms with Crippen molar-refractivity contribution in [3.63, 3.8) is 0 Å². The van der Waals surface area contributed by atoms with Crippen molar-refractivity contribution in [2.75, 3.05) is 26.3 Å². The van der Waals surface area contributed by atoms with Gasteiger partial charge in [-0.1, -0.05) is 6.07 Å². The first-order chi connectivity index (χ1) is 13.1. The Bertz CT molecular complexity index is 743. The second-order valence-corrected chi connectivity index (χ2v) is 6.66. The summed E-state index contributed by atoms with van der Waals surface area (Å²) < 4.78 is 17.2. The van der Waals surface area contributed by atoms with Crippen molar-refractivity contribution in [2.45, 2.75) is 32.7 Å². The van der Waals surface area contributed by atoms with Crippen LogP contribution in [0.15, 0.2) is 41.0 Å². The number of rotatable bonds is 8. The van der Waals surface area contributed by atoms with Crippen LogP contribution in [0.3, 0.4) is 0 Å². The number of nitrogens with zero attached hydrogens (tertiary/aromatic N) is 1. The molecule has 0 radical (unpaired) electrons. The van der Waals surface area contributed by atoms with E-state index < -0.39 is 5.97 Å². The molecule has 1 saturated heterocycles. The van der Waals surface area contributed by atoms with Gasteiger partial charge in [0.2, 0.25) is 0 Å². The van der Waals surface area contributed by atoms with Crippen LogP contribution < -0.4 is 9.47 Å². The Labute approximate surface area is 159 Å². The minimum absolute atomic E-state index is 0.156. The number of carboxylic acids is 1. The van der Waals surface area contributed by atoms with Crippen molar-refractivity contribution in [1.29, 1.82) is 0 Å². The quantitative estimate of drug-likeness (QED) is 0.755. The molecule has 0 amide bonds. The van der Waals surface area contributed by atoms with E-state index in [0.29, 0.717) is 37.7 Å². The zero-order valence-corrected chi connectivity index (χ0v) is 15.9. The third-order valence-electron chi connectivity index (χ3n) is 4.86. The van der Waals surface area contributed by atoms with Crippen LogP contribution in [0, 0.1) is 5.92 Å². The fourth-order valence-electron chi connectivity index (χ4n) is 3.68. The minimum atomic E-state index is -0.736. The number of hydrogen-bond donors (Lipinski definition) is 1. The molecule has 1 aromatic heterocycles. The fourth-order valence-corrected chi connectivity index (χ4v) is 3.68. The van der Waals surface area contributed by atoms with Gasteiger partial charge in [-0.25, -0.2) is 0 Å². The molecule has 3 rings (SSSR count). The summed E-state index contributed by atoms with van der Waals surface area (Å²) in [5.41, 5.74) is 1.00. The highest BCUT2D eigenvalue weighted by Gasteiger charge is 2.33. The molecule has 2 aromatic rings. The highest BCUT2D eigenvalue weighted by molar-refractivity contribution is 5.70. The van der Waals surface area contributed by atoms with Crippen LogP contribution in [0.4, 0.5) is 0 Å². The number of furan rings is 1. The van der Waals surface area contributed by atoms with E-state index in [2.05, 4.69) is 4.90 Å². The van der Waals surface area contributed by atoms with Crippen molar-refractivity contribution in [2.24, 2.45) is 5.92 Å².